The molecule has 3 nitrogen and oxygen atoms in total. The molecule has 0 aliphatic heterocycles. The first-order valence-corrected chi connectivity index (χ1v) is 7.52. The third-order valence-corrected chi connectivity index (χ3v) is 4.10. The number of benzene rings is 2. The topological polar surface area (TPSA) is 43.4 Å². The molecule has 0 heterocycles. The average molecular weight is 396 g/mol. The molecule has 0 saturated heterocycles. The van der Waals surface area contributed by atoms with Crippen LogP contribution >= 0.6 is 22.6 Å². The Hall–Kier alpha value is -1.22. The predicted molar refractivity (Wildman–Crippen MR) is 73.3 cm³/mol. The molecule has 0 saturated carbocycles. The fourth-order valence-corrected chi connectivity index (χ4v) is 2.78. The zero-order chi connectivity index (χ0) is 14.0. The first-order chi connectivity index (χ1) is 8.88. The highest BCUT2D eigenvalue weighted by Gasteiger charge is 2.18. The highest BCUT2D eigenvalue weighted by atomic mass is 127. The van der Waals surface area contributed by atoms with Crippen LogP contribution in [0.5, 0.6) is 5.75 Å². The molecule has 0 fully saturated rings. The van der Waals surface area contributed by atoms with E-state index < -0.39 is 26.6 Å². The number of rotatable bonds is 3. The van der Waals surface area contributed by atoms with Gasteiger partial charge >= 0.3 is 10.1 Å². The molecule has 2 aromatic rings. The summed E-state index contributed by atoms with van der Waals surface area (Å²) in [5.41, 5.74) is 0. The fraction of sp³-hybridized carbons (Fsp3) is 0. The lowest BCUT2D eigenvalue weighted by Gasteiger charge is -2.07. The fourth-order valence-electron chi connectivity index (χ4n) is 1.33. The van der Waals surface area contributed by atoms with Crippen molar-refractivity contribution < 1.29 is 21.4 Å². The molecule has 0 aromatic heterocycles. The van der Waals surface area contributed by atoms with Crippen molar-refractivity contribution in [1.29, 1.82) is 0 Å². The van der Waals surface area contributed by atoms with E-state index in [0.29, 0.717) is 6.07 Å². The second kappa shape index (κ2) is 5.41. The third kappa shape index (κ3) is 3.41. The smallest absolute Gasteiger partial charge is 0.339 e. The summed E-state index contributed by atoms with van der Waals surface area (Å²) in [6.07, 6.45) is 0. The van der Waals surface area contributed by atoms with Gasteiger partial charge in [-0.1, -0.05) is 6.07 Å². The molecule has 7 heteroatoms. The lowest BCUT2D eigenvalue weighted by atomic mass is 10.3. The van der Waals surface area contributed by atoms with Gasteiger partial charge in [0.25, 0.3) is 0 Å². The van der Waals surface area contributed by atoms with Crippen molar-refractivity contribution >= 4 is 32.7 Å². The number of hydrogen-bond donors (Lipinski definition) is 0. The van der Waals surface area contributed by atoms with E-state index in [1.54, 1.807) is 12.1 Å². The van der Waals surface area contributed by atoms with Crippen LogP contribution in [0.25, 0.3) is 0 Å². The van der Waals surface area contributed by atoms with Gasteiger partial charge in [-0.2, -0.15) is 8.42 Å². The molecule has 19 heavy (non-hydrogen) atoms. The lowest BCUT2D eigenvalue weighted by Crippen LogP contribution is -2.10. The largest absolute Gasteiger partial charge is 0.379 e. The summed E-state index contributed by atoms with van der Waals surface area (Å²) < 4.78 is 55.1. The van der Waals surface area contributed by atoms with E-state index in [2.05, 4.69) is 0 Å². The van der Waals surface area contributed by atoms with Gasteiger partial charge in [0, 0.05) is 3.57 Å². The van der Waals surface area contributed by atoms with Gasteiger partial charge in [-0.05, 0) is 59.0 Å². The van der Waals surface area contributed by atoms with Crippen LogP contribution in [-0.2, 0) is 10.1 Å². The Kier molecular flexibility index (Phi) is 4.04. The van der Waals surface area contributed by atoms with Crippen LogP contribution in [0.3, 0.4) is 0 Å². The van der Waals surface area contributed by atoms with Gasteiger partial charge in [-0.15, -0.1) is 0 Å². The summed E-state index contributed by atoms with van der Waals surface area (Å²) >= 11 is 2.00. The normalized spacial score (nSPS) is 11.3. The molecule has 0 unspecified atom stereocenters. The van der Waals surface area contributed by atoms with Gasteiger partial charge < -0.3 is 4.18 Å². The van der Waals surface area contributed by atoms with Crippen LogP contribution in [-0.4, -0.2) is 8.42 Å². The van der Waals surface area contributed by atoms with Crippen molar-refractivity contribution in [1.82, 2.24) is 0 Å². The van der Waals surface area contributed by atoms with Crippen molar-refractivity contribution in [2.24, 2.45) is 0 Å². The molecule has 0 aliphatic rings. The van der Waals surface area contributed by atoms with Crippen molar-refractivity contribution in [3.05, 3.63) is 57.7 Å². The summed E-state index contributed by atoms with van der Waals surface area (Å²) in [6.45, 7) is 0. The molecule has 0 N–H and O–H groups in total. The molecule has 100 valence electrons. The molecule has 2 rings (SSSR count). The van der Waals surface area contributed by atoms with Gasteiger partial charge in [0.1, 0.15) is 10.6 Å². The quantitative estimate of drug-likeness (QED) is 0.591. The van der Waals surface area contributed by atoms with E-state index >= 15 is 0 Å². The Morgan fingerprint density at radius 2 is 1.74 bits per heavy atom. The molecule has 2 aromatic carbocycles. The van der Waals surface area contributed by atoms with E-state index in [0.717, 1.165) is 15.7 Å². The second-order valence-corrected chi connectivity index (χ2v) is 6.36. The number of halogens is 3. The van der Waals surface area contributed by atoms with E-state index in [1.807, 2.05) is 22.6 Å². The van der Waals surface area contributed by atoms with Crippen molar-refractivity contribution in [3.63, 3.8) is 0 Å². The minimum Gasteiger partial charge on any atom is -0.379 e. The first-order valence-electron chi connectivity index (χ1n) is 5.03. The number of hydrogen-bond acceptors (Lipinski definition) is 3. The third-order valence-electron chi connectivity index (χ3n) is 2.18. The van der Waals surface area contributed by atoms with Crippen LogP contribution in [0.1, 0.15) is 0 Å². The highest BCUT2D eigenvalue weighted by molar-refractivity contribution is 14.1. The second-order valence-electron chi connectivity index (χ2n) is 3.57. The molecular formula is C12H7F2IO3S. The summed E-state index contributed by atoms with van der Waals surface area (Å²) in [6, 6.07) is 8.62. The minimum atomic E-state index is -4.18. The first kappa shape index (κ1) is 14.2. The standard InChI is InChI=1S/C12H7F2IO3S/c13-11-5-4-10(7-12(11)14)19(16,17)18-9-3-1-2-8(15)6-9/h1-7H. The van der Waals surface area contributed by atoms with E-state index in [4.69, 9.17) is 4.18 Å². The van der Waals surface area contributed by atoms with E-state index in [1.165, 1.54) is 12.1 Å². The summed E-state index contributed by atoms with van der Waals surface area (Å²) in [5, 5.41) is 0. The van der Waals surface area contributed by atoms with Gasteiger partial charge in [0.15, 0.2) is 11.6 Å². The monoisotopic (exact) mass is 396 g/mol. The van der Waals surface area contributed by atoms with Crippen LogP contribution in [0.15, 0.2) is 47.4 Å². The molecule has 0 amide bonds. The van der Waals surface area contributed by atoms with Gasteiger partial charge in [0.2, 0.25) is 0 Å². The van der Waals surface area contributed by atoms with Crippen LogP contribution in [0, 0.1) is 15.2 Å². The van der Waals surface area contributed by atoms with E-state index in [9.17, 15) is 17.2 Å². The summed E-state index contributed by atoms with van der Waals surface area (Å²) in [5.74, 6) is -2.25. The summed E-state index contributed by atoms with van der Waals surface area (Å²) in [4.78, 5) is -0.440. The zero-order valence-electron chi connectivity index (χ0n) is 9.31. The lowest BCUT2D eigenvalue weighted by molar-refractivity contribution is 0.479. The van der Waals surface area contributed by atoms with Gasteiger partial charge in [0.05, 0.1) is 0 Å². The maximum atomic E-state index is 13.0. The van der Waals surface area contributed by atoms with Crippen LogP contribution < -0.4 is 4.18 Å². The van der Waals surface area contributed by atoms with Crippen molar-refractivity contribution in [3.8, 4) is 5.75 Å². The Labute approximate surface area is 122 Å². The van der Waals surface area contributed by atoms with Crippen LogP contribution in [0.2, 0.25) is 0 Å². The Balaban J connectivity index is 2.35. The van der Waals surface area contributed by atoms with Gasteiger partial charge in [-0.25, -0.2) is 8.78 Å². The minimum absolute atomic E-state index is 0.108. The summed E-state index contributed by atoms with van der Waals surface area (Å²) in [7, 11) is -4.18. The van der Waals surface area contributed by atoms with Crippen molar-refractivity contribution in [2.75, 3.05) is 0 Å². The van der Waals surface area contributed by atoms with E-state index in [-0.39, 0.29) is 5.75 Å². The highest BCUT2D eigenvalue weighted by Crippen LogP contribution is 2.21. The molecule has 0 spiro atoms. The molecular weight excluding hydrogens is 389 g/mol. The van der Waals surface area contributed by atoms with Crippen molar-refractivity contribution in [2.45, 2.75) is 4.90 Å². The van der Waals surface area contributed by atoms with Gasteiger partial charge in [-0.3, -0.25) is 0 Å². The zero-order valence-corrected chi connectivity index (χ0v) is 12.3. The predicted octanol–water partition coefficient (Wildman–Crippen LogP) is 3.34. The Bertz CT molecular complexity index is 717. The maximum absolute atomic E-state index is 13.0. The molecule has 0 aliphatic carbocycles. The average Bonchev–Trinajstić information content (AvgIpc) is 2.32. The Morgan fingerprint density at radius 1 is 1.00 bits per heavy atom. The molecule has 0 bridgehead atoms. The molecule has 0 radical (unpaired) electrons. The maximum Gasteiger partial charge on any atom is 0.339 e. The molecule has 0 atom stereocenters. The SMILES string of the molecule is O=S(=O)(Oc1cccc(I)c1)c1ccc(F)c(F)c1. The Morgan fingerprint density at radius 3 is 2.37 bits per heavy atom. The van der Waals surface area contributed by atoms with Crippen LogP contribution in [0.4, 0.5) is 8.78 Å².